The van der Waals surface area contributed by atoms with Gasteiger partial charge in [0, 0.05) is 29.6 Å². The van der Waals surface area contributed by atoms with E-state index in [4.69, 9.17) is 0 Å². The van der Waals surface area contributed by atoms with Crippen molar-refractivity contribution in [1.82, 2.24) is 9.29 Å². The molecule has 6 nitrogen and oxygen atoms in total. The average Bonchev–Trinajstić information content (AvgIpc) is 3.23. The third-order valence-corrected chi connectivity index (χ3v) is 8.13. The van der Waals surface area contributed by atoms with Gasteiger partial charge in [0.05, 0.1) is 10.6 Å². The summed E-state index contributed by atoms with van der Waals surface area (Å²) in [6.45, 7) is 4.88. The Bertz CT molecular complexity index is 1200. The van der Waals surface area contributed by atoms with Gasteiger partial charge in [-0.1, -0.05) is 42.3 Å². The molecule has 1 amide bonds. The van der Waals surface area contributed by atoms with E-state index < -0.39 is 10.0 Å². The van der Waals surface area contributed by atoms with Crippen LogP contribution in [0.2, 0.25) is 0 Å². The molecule has 1 aromatic heterocycles. The zero-order valence-electron chi connectivity index (χ0n) is 17.6. The summed E-state index contributed by atoms with van der Waals surface area (Å²) < 4.78 is 27.5. The minimum Gasteiger partial charge on any atom is -0.298 e. The molecule has 2 heterocycles. The van der Waals surface area contributed by atoms with Crippen molar-refractivity contribution in [3.63, 3.8) is 0 Å². The molecule has 0 atom stereocenters. The average molecular weight is 456 g/mol. The molecule has 0 spiro atoms. The fraction of sp³-hybridized carbons (Fsp3) is 0.304. The lowest BCUT2D eigenvalue weighted by Gasteiger charge is -2.26. The van der Waals surface area contributed by atoms with Crippen LogP contribution in [0.1, 0.15) is 40.7 Å². The molecule has 1 fully saturated rings. The van der Waals surface area contributed by atoms with E-state index in [0.29, 0.717) is 29.3 Å². The molecular formula is C23H25N3O3S2. The number of aryl methyl sites for hydroxylation is 2. The summed E-state index contributed by atoms with van der Waals surface area (Å²) in [5.74, 6) is -0.363. The van der Waals surface area contributed by atoms with Gasteiger partial charge in [0.1, 0.15) is 0 Å². The molecule has 0 radical (unpaired) electrons. The topological polar surface area (TPSA) is 79.4 Å². The maximum absolute atomic E-state index is 13.0. The first-order valence-corrected chi connectivity index (χ1v) is 12.6. The highest BCUT2D eigenvalue weighted by Crippen LogP contribution is 2.27. The Balaban J connectivity index is 1.55. The summed E-state index contributed by atoms with van der Waals surface area (Å²) in [6.07, 6.45) is 2.78. The van der Waals surface area contributed by atoms with Crippen molar-refractivity contribution < 1.29 is 13.2 Å². The van der Waals surface area contributed by atoms with Gasteiger partial charge in [-0.15, -0.1) is 11.3 Å². The maximum atomic E-state index is 13.0. The smallest absolute Gasteiger partial charge is 0.257 e. The van der Waals surface area contributed by atoms with E-state index in [1.54, 1.807) is 19.1 Å². The number of sulfonamides is 1. The molecule has 31 heavy (non-hydrogen) atoms. The lowest BCUT2D eigenvalue weighted by molar-refractivity contribution is 0.102. The molecule has 3 aromatic rings. The minimum absolute atomic E-state index is 0.157. The molecule has 0 bridgehead atoms. The number of hydrogen-bond donors (Lipinski definition) is 1. The quantitative estimate of drug-likeness (QED) is 0.596. The van der Waals surface area contributed by atoms with Crippen molar-refractivity contribution in [1.29, 1.82) is 0 Å². The van der Waals surface area contributed by atoms with Crippen LogP contribution < -0.4 is 5.32 Å². The first kappa shape index (κ1) is 21.7. The monoisotopic (exact) mass is 455 g/mol. The Kier molecular flexibility index (Phi) is 6.22. The van der Waals surface area contributed by atoms with Crippen LogP contribution in [0, 0.1) is 13.8 Å². The third-order valence-electron chi connectivity index (χ3n) is 5.48. The predicted molar refractivity (Wildman–Crippen MR) is 124 cm³/mol. The highest BCUT2D eigenvalue weighted by Gasteiger charge is 2.27. The Morgan fingerprint density at radius 2 is 1.74 bits per heavy atom. The number of benzene rings is 2. The second-order valence-corrected chi connectivity index (χ2v) is 10.6. The number of hydrogen-bond acceptors (Lipinski definition) is 5. The maximum Gasteiger partial charge on any atom is 0.257 e. The van der Waals surface area contributed by atoms with Crippen LogP contribution in [0.3, 0.4) is 0 Å². The van der Waals surface area contributed by atoms with E-state index in [1.807, 2.05) is 36.6 Å². The van der Waals surface area contributed by atoms with Gasteiger partial charge in [-0.05, 0) is 44.4 Å². The number of piperidine rings is 1. The first-order chi connectivity index (χ1) is 14.8. The molecule has 8 heteroatoms. The highest BCUT2D eigenvalue weighted by molar-refractivity contribution is 7.89. The molecular weight excluding hydrogens is 430 g/mol. The molecule has 0 aliphatic carbocycles. The zero-order chi connectivity index (χ0) is 22.0. The predicted octanol–water partition coefficient (Wildman–Crippen LogP) is 4.85. The van der Waals surface area contributed by atoms with Crippen LogP contribution in [-0.4, -0.2) is 36.7 Å². The normalized spacial score (nSPS) is 15.0. The van der Waals surface area contributed by atoms with Gasteiger partial charge in [-0.3, -0.25) is 10.1 Å². The van der Waals surface area contributed by atoms with Crippen molar-refractivity contribution in [2.24, 2.45) is 0 Å². The van der Waals surface area contributed by atoms with Crippen molar-refractivity contribution >= 4 is 32.4 Å². The molecule has 1 N–H and O–H groups in total. The van der Waals surface area contributed by atoms with Gasteiger partial charge in [0.15, 0.2) is 5.13 Å². The highest BCUT2D eigenvalue weighted by atomic mass is 32.2. The van der Waals surface area contributed by atoms with Gasteiger partial charge in [-0.2, -0.15) is 4.31 Å². The number of nitrogens with zero attached hydrogens (tertiary/aromatic N) is 2. The van der Waals surface area contributed by atoms with Crippen LogP contribution >= 0.6 is 11.3 Å². The lowest BCUT2D eigenvalue weighted by atomic mass is 10.1. The van der Waals surface area contributed by atoms with E-state index in [-0.39, 0.29) is 10.8 Å². The fourth-order valence-electron chi connectivity index (χ4n) is 3.61. The Labute approximate surface area is 187 Å². The number of thiazole rings is 1. The lowest BCUT2D eigenvalue weighted by Crippen LogP contribution is -2.35. The standard InChI is InChI=1S/C23H25N3O3S2/c1-16-6-9-18(10-7-16)21-15-30-23(24-21)25-22(27)20-14-19(11-8-17(20)2)31(28,29)26-12-4-3-5-13-26/h6-11,14-15H,3-5,12-13H2,1-2H3,(H,24,25,27). The van der Waals surface area contributed by atoms with Gasteiger partial charge in [0.25, 0.3) is 5.91 Å². The van der Waals surface area contributed by atoms with Crippen LogP contribution in [0.5, 0.6) is 0 Å². The van der Waals surface area contributed by atoms with Crippen LogP contribution in [0.4, 0.5) is 5.13 Å². The second-order valence-electron chi connectivity index (χ2n) is 7.80. The minimum atomic E-state index is -3.60. The van der Waals surface area contributed by atoms with Crippen LogP contribution in [-0.2, 0) is 10.0 Å². The largest absolute Gasteiger partial charge is 0.298 e. The van der Waals surface area contributed by atoms with Gasteiger partial charge < -0.3 is 0 Å². The van der Waals surface area contributed by atoms with Gasteiger partial charge in [0.2, 0.25) is 10.0 Å². The van der Waals surface area contributed by atoms with Crippen molar-refractivity contribution in [3.8, 4) is 11.3 Å². The number of anilines is 1. The molecule has 1 aliphatic rings. The van der Waals surface area contributed by atoms with E-state index in [1.165, 1.54) is 27.3 Å². The molecule has 1 saturated heterocycles. The number of aromatic nitrogens is 1. The molecule has 4 rings (SSSR count). The van der Waals surface area contributed by atoms with Crippen LogP contribution in [0.15, 0.2) is 52.7 Å². The number of amides is 1. The Hall–Kier alpha value is -2.55. The molecule has 0 saturated carbocycles. The number of carbonyl (C=O) groups is 1. The third kappa shape index (κ3) is 4.71. The summed E-state index contributed by atoms with van der Waals surface area (Å²) in [7, 11) is -3.60. The van der Waals surface area contributed by atoms with Crippen molar-refractivity contribution in [2.75, 3.05) is 18.4 Å². The molecule has 2 aromatic carbocycles. The van der Waals surface area contributed by atoms with E-state index in [0.717, 1.165) is 30.5 Å². The SMILES string of the molecule is Cc1ccc(-c2csc(NC(=O)c3cc(S(=O)(=O)N4CCCCC4)ccc3C)n2)cc1. The fourth-order valence-corrected chi connectivity index (χ4v) is 5.87. The summed E-state index contributed by atoms with van der Waals surface area (Å²) in [5.41, 5.74) is 3.99. The van der Waals surface area contributed by atoms with E-state index in [2.05, 4.69) is 10.3 Å². The van der Waals surface area contributed by atoms with Crippen molar-refractivity contribution in [3.05, 3.63) is 64.5 Å². The summed E-state index contributed by atoms with van der Waals surface area (Å²) in [4.78, 5) is 17.6. The molecule has 162 valence electrons. The van der Waals surface area contributed by atoms with E-state index >= 15 is 0 Å². The Morgan fingerprint density at radius 3 is 2.45 bits per heavy atom. The van der Waals surface area contributed by atoms with Crippen LogP contribution in [0.25, 0.3) is 11.3 Å². The zero-order valence-corrected chi connectivity index (χ0v) is 19.2. The summed E-state index contributed by atoms with van der Waals surface area (Å²) in [6, 6.07) is 12.8. The first-order valence-electron chi connectivity index (χ1n) is 10.3. The summed E-state index contributed by atoms with van der Waals surface area (Å²) in [5, 5.41) is 5.19. The Morgan fingerprint density at radius 1 is 1.03 bits per heavy atom. The number of carbonyl (C=O) groups excluding carboxylic acids is 1. The van der Waals surface area contributed by atoms with Crippen molar-refractivity contribution in [2.45, 2.75) is 38.0 Å². The summed E-state index contributed by atoms with van der Waals surface area (Å²) >= 11 is 1.34. The number of nitrogens with one attached hydrogen (secondary N) is 1. The van der Waals surface area contributed by atoms with Gasteiger partial charge >= 0.3 is 0 Å². The number of rotatable bonds is 5. The van der Waals surface area contributed by atoms with E-state index in [9.17, 15) is 13.2 Å². The molecule has 1 aliphatic heterocycles. The second kappa shape index (κ2) is 8.90. The van der Waals surface area contributed by atoms with Gasteiger partial charge in [-0.25, -0.2) is 13.4 Å². The molecule has 0 unspecified atom stereocenters.